The molecule has 0 saturated heterocycles. The molecule has 2 rings (SSSR count). The maximum Gasteiger partial charge on any atom is 0.172 e. The molecule has 0 saturated carbocycles. The minimum absolute atomic E-state index is 0.000484. The molecule has 1 aliphatic rings. The van der Waals surface area contributed by atoms with E-state index in [9.17, 15) is 4.79 Å². The highest BCUT2D eigenvalue weighted by atomic mass is 16.5. The van der Waals surface area contributed by atoms with E-state index in [2.05, 4.69) is 0 Å². The topological polar surface area (TPSA) is 44.8 Å². The normalized spacial score (nSPS) is 13.2. The van der Waals surface area contributed by atoms with Crippen molar-refractivity contribution in [2.45, 2.75) is 6.92 Å². The highest BCUT2D eigenvalue weighted by Crippen LogP contribution is 2.41. The third-order valence-corrected chi connectivity index (χ3v) is 2.70. The highest BCUT2D eigenvalue weighted by Gasteiger charge is 2.21. The van der Waals surface area contributed by atoms with Crippen LogP contribution in [-0.4, -0.2) is 26.6 Å². The summed E-state index contributed by atoms with van der Waals surface area (Å²) in [5.74, 6) is 1.93. The SMILES string of the molecule is COc1ccc(OC)c2c1C=C(C(C)=O)CO2. The fraction of sp³-hybridized carbons (Fsp3) is 0.308. The summed E-state index contributed by atoms with van der Waals surface area (Å²) in [4.78, 5) is 11.3. The molecule has 0 bridgehead atoms. The van der Waals surface area contributed by atoms with E-state index in [1.165, 1.54) is 6.92 Å². The molecule has 4 nitrogen and oxygen atoms in total. The van der Waals surface area contributed by atoms with Gasteiger partial charge in [0.25, 0.3) is 0 Å². The van der Waals surface area contributed by atoms with Crippen molar-refractivity contribution in [2.24, 2.45) is 0 Å². The van der Waals surface area contributed by atoms with E-state index in [0.717, 1.165) is 5.56 Å². The molecule has 0 aliphatic carbocycles. The molecule has 1 aromatic rings. The van der Waals surface area contributed by atoms with E-state index in [4.69, 9.17) is 14.2 Å². The first-order valence-corrected chi connectivity index (χ1v) is 5.26. The van der Waals surface area contributed by atoms with Gasteiger partial charge in [0, 0.05) is 5.57 Å². The Morgan fingerprint density at radius 3 is 2.47 bits per heavy atom. The molecule has 0 spiro atoms. The van der Waals surface area contributed by atoms with Crippen molar-refractivity contribution < 1.29 is 19.0 Å². The zero-order valence-electron chi connectivity index (χ0n) is 10.1. The molecule has 0 amide bonds. The molecule has 90 valence electrons. The zero-order chi connectivity index (χ0) is 12.4. The summed E-state index contributed by atoms with van der Waals surface area (Å²) in [5.41, 5.74) is 1.38. The lowest BCUT2D eigenvalue weighted by Crippen LogP contribution is -2.13. The quantitative estimate of drug-likeness (QED) is 0.803. The van der Waals surface area contributed by atoms with Crippen LogP contribution >= 0.6 is 0 Å². The standard InChI is InChI=1S/C13H14O4/c1-8(14)9-6-10-11(15-2)4-5-12(16-3)13(10)17-7-9/h4-6H,7H2,1-3H3. The van der Waals surface area contributed by atoms with Crippen molar-refractivity contribution in [3.63, 3.8) is 0 Å². The molecule has 4 heteroatoms. The van der Waals surface area contributed by atoms with Gasteiger partial charge < -0.3 is 14.2 Å². The Morgan fingerprint density at radius 2 is 1.88 bits per heavy atom. The first kappa shape index (κ1) is 11.5. The maximum absolute atomic E-state index is 11.3. The number of hydrogen-bond acceptors (Lipinski definition) is 4. The van der Waals surface area contributed by atoms with E-state index >= 15 is 0 Å². The second kappa shape index (κ2) is 4.49. The van der Waals surface area contributed by atoms with E-state index in [-0.39, 0.29) is 12.4 Å². The largest absolute Gasteiger partial charge is 0.496 e. The Balaban J connectivity index is 2.58. The fourth-order valence-corrected chi connectivity index (χ4v) is 1.75. The minimum atomic E-state index is 0.000484. The van der Waals surface area contributed by atoms with Gasteiger partial charge in [0.1, 0.15) is 12.4 Å². The molecule has 1 heterocycles. The predicted molar refractivity (Wildman–Crippen MR) is 63.7 cm³/mol. The van der Waals surface area contributed by atoms with Gasteiger partial charge >= 0.3 is 0 Å². The number of ketones is 1. The van der Waals surface area contributed by atoms with Crippen LogP contribution in [0, 0.1) is 0 Å². The summed E-state index contributed by atoms with van der Waals surface area (Å²) in [5, 5.41) is 0. The van der Waals surface area contributed by atoms with Gasteiger partial charge in [-0.05, 0) is 25.1 Å². The van der Waals surface area contributed by atoms with Crippen LogP contribution in [0.1, 0.15) is 12.5 Å². The third-order valence-electron chi connectivity index (χ3n) is 2.70. The summed E-state index contributed by atoms with van der Waals surface area (Å²) in [6.45, 7) is 1.79. The van der Waals surface area contributed by atoms with Crippen LogP contribution in [0.3, 0.4) is 0 Å². The zero-order valence-corrected chi connectivity index (χ0v) is 10.1. The molecule has 0 atom stereocenters. The molecule has 1 aliphatic heterocycles. The Labute approximate surface area is 99.8 Å². The number of fused-ring (bicyclic) bond motifs is 1. The monoisotopic (exact) mass is 234 g/mol. The van der Waals surface area contributed by atoms with E-state index in [1.807, 2.05) is 0 Å². The Kier molecular flexibility index (Phi) is 3.04. The van der Waals surface area contributed by atoms with Gasteiger partial charge in [-0.2, -0.15) is 0 Å². The number of hydrogen-bond donors (Lipinski definition) is 0. The molecule has 0 unspecified atom stereocenters. The highest BCUT2D eigenvalue weighted by molar-refractivity contribution is 5.99. The molecular weight excluding hydrogens is 220 g/mol. The molecule has 17 heavy (non-hydrogen) atoms. The van der Waals surface area contributed by atoms with Gasteiger partial charge in [0.2, 0.25) is 0 Å². The summed E-state index contributed by atoms with van der Waals surface area (Å²) >= 11 is 0. The average molecular weight is 234 g/mol. The van der Waals surface area contributed by atoms with Crippen LogP contribution in [0.15, 0.2) is 17.7 Å². The van der Waals surface area contributed by atoms with Crippen LogP contribution in [0.5, 0.6) is 17.2 Å². The van der Waals surface area contributed by atoms with Gasteiger partial charge in [-0.3, -0.25) is 4.79 Å². The Bertz CT molecular complexity index is 488. The molecule has 0 fully saturated rings. The van der Waals surface area contributed by atoms with Crippen molar-refractivity contribution in [1.29, 1.82) is 0 Å². The number of benzene rings is 1. The second-order valence-electron chi connectivity index (χ2n) is 3.73. The van der Waals surface area contributed by atoms with Gasteiger partial charge in [0.15, 0.2) is 17.3 Å². The molecule has 0 radical (unpaired) electrons. The molecule has 0 aromatic heterocycles. The van der Waals surface area contributed by atoms with Crippen LogP contribution in [0.4, 0.5) is 0 Å². The smallest absolute Gasteiger partial charge is 0.172 e. The van der Waals surface area contributed by atoms with Crippen molar-refractivity contribution in [3.05, 3.63) is 23.3 Å². The van der Waals surface area contributed by atoms with Gasteiger partial charge in [-0.25, -0.2) is 0 Å². The first-order valence-electron chi connectivity index (χ1n) is 5.26. The third kappa shape index (κ3) is 1.98. The van der Waals surface area contributed by atoms with Crippen LogP contribution in [-0.2, 0) is 4.79 Å². The molecular formula is C13H14O4. The number of rotatable bonds is 3. The lowest BCUT2D eigenvalue weighted by Gasteiger charge is -2.20. The van der Waals surface area contributed by atoms with Gasteiger partial charge in [-0.15, -0.1) is 0 Å². The number of carbonyl (C=O) groups is 1. The lowest BCUT2D eigenvalue weighted by molar-refractivity contribution is -0.113. The average Bonchev–Trinajstić information content (AvgIpc) is 2.36. The van der Waals surface area contributed by atoms with Crippen LogP contribution in [0.25, 0.3) is 6.08 Å². The predicted octanol–water partition coefficient (Wildman–Crippen LogP) is 2.07. The number of methoxy groups -OCH3 is 2. The van der Waals surface area contributed by atoms with Crippen molar-refractivity contribution in [1.82, 2.24) is 0 Å². The van der Waals surface area contributed by atoms with E-state index in [1.54, 1.807) is 32.4 Å². The van der Waals surface area contributed by atoms with E-state index in [0.29, 0.717) is 22.8 Å². The summed E-state index contributed by atoms with van der Waals surface area (Å²) < 4.78 is 16.0. The van der Waals surface area contributed by atoms with E-state index < -0.39 is 0 Å². The summed E-state index contributed by atoms with van der Waals surface area (Å²) in [6, 6.07) is 3.57. The Hall–Kier alpha value is -1.97. The van der Waals surface area contributed by atoms with Gasteiger partial charge in [-0.1, -0.05) is 0 Å². The molecule has 1 aromatic carbocycles. The number of carbonyl (C=O) groups excluding carboxylic acids is 1. The maximum atomic E-state index is 11.3. The van der Waals surface area contributed by atoms with Crippen molar-refractivity contribution in [2.75, 3.05) is 20.8 Å². The molecule has 0 N–H and O–H groups in total. The summed E-state index contributed by atoms with van der Waals surface area (Å²) in [6.07, 6.45) is 1.79. The minimum Gasteiger partial charge on any atom is -0.496 e. The van der Waals surface area contributed by atoms with Crippen LogP contribution in [0.2, 0.25) is 0 Å². The number of Topliss-reactive ketones (excluding diaryl/α,β-unsaturated/α-hetero) is 1. The van der Waals surface area contributed by atoms with Crippen molar-refractivity contribution >= 4 is 11.9 Å². The Morgan fingerprint density at radius 1 is 1.24 bits per heavy atom. The second-order valence-corrected chi connectivity index (χ2v) is 3.73. The van der Waals surface area contributed by atoms with Gasteiger partial charge in [0.05, 0.1) is 19.8 Å². The number of ether oxygens (including phenoxy) is 3. The lowest BCUT2D eigenvalue weighted by atomic mass is 10.0. The summed E-state index contributed by atoms with van der Waals surface area (Å²) in [7, 11) is 3.16. The van der Waals surface area contributed by atoms with Crippen LogP contribution < -0.4 is 14.2 Å². The van der Waals surface area contributed by atoms with Crippen molar-refractivity contribution in [3.8, 4) is 17.2 Å². The first-order chi connectivity index (χ1) is 8.17. The fourth-order valence-electron chi connectivity index (χ4n) is 1.75.